The number of nitrogens with zero attached hydrogens (tertiary/aromatic N) is 8. The first-order valence-corrected chi connectivity index (χ1v) is 13.5. The summed E-state index contributed by atoms with van der Waals surface area (Å²) < 4.78 is 8.80. The zero-order valence-corrected chi connectivity index (χ0v) is 23.4. The maximum absolute atomic E-state index is 12.1. The molecule has 0 aliphatic heterocycles. The second kappa shape index (κ2) is 10.9. The molecule has 12 heteroatoms. The van der Waals surface area contributed by atoms with E-state index < -0.39 is 5.60 Å². The van der Waals surface area contributed by atoms with Gasteiger partial charge in [0, 0.05) is 35.7 Å². The van der Waals surface area contributed by atoms with E-state index in [0.717, 1.165) is 48.1 Å². The van der Waals surface area contributed by atoms with Crippen molar-refractivity contribution < 1.29 is 9.53 Å². The van der Waals surface area contributed by atoms with E-state index in [1.807, 2.05) is 33.0 Å². The molecule has 1 fully saturated rings. The van der Waals surface area contributed by atoms with Crippen molar-refractivity contribution in [3.63, 3.8) is 0 Å². The van der Waals surface area contributed by atoms with Crippen LogP contribution >= 0.6 is 0 Å². The number of aromatic nitrogens is 7. The van der Waals surface area contributed by atoms with Crippen LogP contribution in [0.25, 0.3) is 22.5 Å². The number of ether oxygens (including phenoxy) is 1. The number of hydrogen-bond acceptors (Lipinski definition) is 9. The van der Waals surface area contributed by atoms with Crippen LogP contribution in [0.1, 0.15) is 77.5 Å². The molecule has 1 amide bonds. The Hall–Kier alpha value is -4.53. The zero-order chi connectivity index (χ0) is 28.4. The Morgan fingerprint density at radius 1 is 1.12 bits per heavy atom. The van der Waals surface area contributed by atoms with Gasteiger partial charge < -0.3 is 15.4 Å². The standard InChI is InChI=1S/C28H34N10O2/c1-17(2)33-22-11-25(38-26-20(14-32-38)10-18(12-29)13-31-26)30-15-24(22)37-16-23(35-36-37)19-6-8-21(9-7-19)34-27(39)40-28(3,4)5/h10-11,13-17,19,21H,6-9H2,1-5H3,(H,30,33)(H,34,39)/t19-,21-. The first-order valence-electron chi connectivity index (χ1n) is 13.5. The predicted octanol–water partition coefficient (Wildman–Crippen LogP) is 4.64. The van der Waals surface area contributed by atoms with Crippen molar-refractivity contribution in [1.29, 1.82) is 5.26 Å². The smallest absolute Gasteiger partial charge is 0.407 e. The fraction of sp³-hybridized carbons (Fsp3) is 0.464. The molecular formula is C28H34N10O2. The van der Waals surface area contributed by atoms with Crippen molar-refractivity contribution in [2.45, 2.75) is 83.9 Å². The molecule has 4 aromatic heterocycles. The zero-order valence-electron chi connectivity index (χ0n) is 23.4. The number of alkyl carbamates (subject to hydrolysis) is 1. The lowest BCUT2D eigenvalue weighted by atomic mass is 9.84. The number of pyridine rings is 2. The Morgan fingerprint density at radius 3 is 2.60 bits per heavy atom. The average molecular weight is 543 g/mol. The van der Waals surface area contributed by atoms with E-state index in [2.05, 4.69) is 55.9 Å². The molecule has 0 atom stereocenters. The summed E-state index contributed by atoms with van der Waals surface area (Å²) in [5.74, 6) is 0.856. The molecule has 40 heavy (non-hydrogen) atoms. The fourth-order valence-corrected chi connectivity index (χ4v) is 4.90. The molecule has 0 saturated heterocycles. The summed E-state index contributed by atoms with van der Waals surface area (Å²) in [5, 5.41) is 29.8. The fourth-order valence-electron chi connectivity index (χ4n) is 4.90. The first kappa shape index (κ1) is 27.1. The highest BCUT2D eigenvalue weighted by Gasteiger charge is 2.27. The molecule has 4 aromatic rings. The third-order valence-electron chi connectivity index (χ3n) is 6.69. The highest BCUT2D eigenvalue weighted by molar-refractivity contribution is 5.77. The lowest BCUT2D eigenvalue weighted by molar-refractivity contribution is 0.0491. The molecule has 208 valence electrons. The van der Waals surface area contributed by atoms with E-state index in [1.54, 1.807) is 27.8 Å². The van der Waals surface area contributed by atoms with Crippen molar-refractivity contribution >= 4 is 22.8 Å². The molecule has 1 aliphatic rings. The van der Waals surface area contributed by atoms with Crippen molar-refractivity contribution in [3.05, 3.63) is 48.2 Å². The lowest BCUT2D eigenvalue weighted by Gasteiger charge is -2.29. The van der Waals surface area contributed by atoms with E-state index >= 15 is 0 Å². The average Bonchev–Trinajstić information content (AvgIpc) is 3.55. The van der Waals surface area contributed by atoms with E-state index in [0.29, 0.717) is 17.0 Å². The van der Waals surface area contributed by atoms with Gasteiger partial charge in [0.05, 0.1) is 35.5 Å². The number of rotatable bonds is 6. The SMILES string of the molecule is CC(C)Nc1cc(-n2ncc3cc(C#N)cnc32)ncc1-n1cc([C@H]2CC[C@H](NC(=O)OC(C)(C)C)CC2)nn1. The van der Waals surface area contributed by atoms with Crippen LogP contribution in [-0.2, 0) is 4.74 Å². The van der Waals surface area contributed by atoms with E-state index in [4.69, 9.17) is 4.74 Å². The highest BCUT2D eigenvalue weighted by Crippen LogP contribution is 2.33. The van der Waals surface area contributed by atoms with Crippen LogP contribution in [0.15, 0.2) is 36.9 Å². The number of fused-ring (bicyclic) bond motifs is 1. The van der Waals surface area contributed by atoms with Gasteiger partial charge >= 0.3 is 6.09 Å². The van der Waals surface area contributed by atoms with Crippen LogP contribution in [0.2, 0.25) is 0 Å². The second-order valence-corrected chi connectivity index (χ2v) is 11.4. The summed E-state index contributed by atoms with van der Waals surface area (Å²) in [6.07, 6.45) is 10.1. The number of amides is 1. The molecule has 0 aromatic carbocycles. The highest BCUT2D eigenvalue weighted by atomic mass is 16.6. The van der Waals surface area contributed by atoms with Gasteiger partial charge in [-0.15, -0.1) is 5.10 Å². The summed E-state index contributed by atoms with van der Waals surface area (Å²) in [6, 6.07) is 6.03. The van der Waals surface area contributed by atoms with E-state index in [-0.39, 0.29) is 24.1 Å². The van der Waals surface area contributed by atoms with Crippen molar-refractivity contribution in [2.24, 2.45) is 0 Å². The molecule has 1 aliphatic carbocycles. The number of nitrogens with one attached hydrogen (secondary N) is 2. The Morgan fingerprint density at radius 2 is 1.90 bits per heavy atom. The quantitative estimate of drug-likeness (QED) is 0.355. The van der Waals surface area contributed by atoms with E-state index in [9.17, 15) is 10.1 Å². The minimum Gasteiger partial charge on any atom is -0.444 e. The molecule has 5 rings (SSSR count). The summed E-state index contributed by atoms with van der Waals surface area (Å²) in [7, 11) is 0. The predicted molar refractivity (Wildman–Crippen MR) is 149 cm³/mol. The number of nitriles is 1. The Labute approximate surface area is 232 Å². The van der Waals surface area contributed by atoms with Gasteiger partial charge in [-0.3, -0.25) is 0 Å². The normalized spacial score (nSPS) is 17.5. The Bertz CT molecular complexity index is 1550. The van der Waals surface area contributed by atoms with Gasteiger partial charge in [0.15, 0.2) is 11.5 Å². The van der Waals surface area contributed by atoms with Gasteiger partial charge in [-0.25, -0.2) is 19.4 Å². The lowest BCUT2D eigenvalue weighted by Crippen LogP contribution is -2.40. The minimum atomic E-state index is -0.513. The van der Waals surface area contributed by atoms with Gasteiger partial charge in [-0.05, 0) is 66.4 Å². The summed E-state index contributed by atoms with van der Waals surface area (Å²) >= 11 is 0. The van der Waals surface area contributed by atoms with Crippen LogP contribution in [0.4, 0.5) is 10.5 Å². The molecule has 12 nitrogen and oxygen atoms in total. The van der Waals surface area contributed by atoms with Gasteiger partial charge in [0.25, 0.3) is 0 Å². The minimum absolute atomic E-state index is 0.0964. The molecule has 0 spiro atoms. The van der Waals surface area contributed by atoms with Gasteiger partial charge in [-0.1, -0.05) is 5.21 Å². The van der Waals surface area contributed by atoms with Crippen LogP contribution in [0.3, 0.4) is 0 Å². The molecular weight excluding hydrogens is 508 g/mol. The first-order chi connectivity index (χ1) is 19.1. The summed E-state index contributed by atoms with van der Waals surface area (Å²) in [5.41, 5.74) is 3.11. The van der Waals surface area contributed by atoms with Gasteiger partial charge in [0.2, 0.25) is 0 Å². The molecule has 1 saturated carbocycles. The van der Waals surface area contributed by atoms with Crippen LogP contribution < -0.4 is 10.6 Å². The van der Waals surface area contributed by atoms with Crippen LogP contribution in [0.5, 0.6) is 0 Å². The number of carbonyl (C=O) groups excluding carboxylic acids is 1. The molecule has 0 unspecified atom stereocenters. The molecule has 0 bridgehead atoms. The van der Waals surface area contributed by atoms with Crippen molar-refractivity contribution in [3.8, 4) is 17.6 Å². The van der Waals surface area contributed by atoms with Gasteiger partial charge in [-0.2, -0.15) is 15.0 Å². The third-order valence-corrected chi connectivity index (χ3v) is 6.69. The van der Waals surface area contributed by atoms with Crippen molar-refractivity contribution in [2.75, 3.05) is 5.32 Å². The van der Waals surface area contributed by atoms with Crippen LogP contribution in [0, 0.1) is 11.3 Å². The number of anilines is 1. The van der Waals surface area contributed by atoms with Gasteiger partial charge in [0.1, 0.15) is 17.4 Å². The summed E-state index contributed by atoms with van der Waals surface area (Å²) in [4.78, 5) is 21.2. The van der Waals surface area contributed by atoms with E-state index in [1.165, 1.54) is 6.20 Å². The Balaban J connectivity index is 1.33. The molecule has 0 radical (unpaired) electrons. The summed E-state index contributed by atoms with van der Waals surface area (Å²) in [6.45, 7) is 9.71. The number of carbonyl (C=O) groups is 1. The Kier molecular flexibility index (Phi) is 7.38. The number of hydrogen-bond donors (Lipinski definition) is 2. The maximum Gasteiger partial charge on any atom is 0.407 e. The second-order valence-electron chi connectivity index (χ2n) is 11.4. The monoisotopic (exact) mass is 542 g/mol. The van der Waals surface area contributed by atoms with Crippen molar-refractivity contribution in [1.82, 2.24) is 40.1 Å². The topological polar surface area (TPSA) is 148 Å². The van der Waals surface area contributed by atoms with Crippen LogP contribution in [-0.4, -0.2) is 58.5 Å². The molecule has 4 heterocycles. The molecule has 2 N–H and O–H groups in total. The maximum atomic E-state index is 12.1. The third kappa shape index (κ3) is 6.03. The largest absolute Gasteiger partial charge is 0.444 e.